The van der Waals surface area contributed by atoms with Gasteiger partial charge in [0, 0.05) is 29.3 Å². The number of rotatable bonds is 6. The average molecular weight is 416 g/mol. The van der Waals surface area contributed by atoms with Crippen molar-refractivity contribution in [3.8, 4) is 17.1 Å². The normalized spacial score (nSPS) is 11.8. The Kier molecular flexibility index (Phi) is 5.90. The lowest BCUT2D eigenvalue weighted by molar-refractivity contribution is -0.115. The summed E-state index contributed by atoms with van der Waals surface area (Å²) in [6, 6.07) is 21.4. The van der Waals surface area contributed by atoms with E-state index in [4.69, 9.17) is 0 Å². The second-order valence-corrected chi connectivity index (χ2v) is 8.14. The van der Waals surface area contributed by atoms with Crippen molar-refractivity contribution in [3.05, 3.63) is 84.7 Å². The number of nitrogens with zero attached hydrogens (tertiary/aromatic N) is 4. The summed E-state index contributed by atoms with van der Waals surface area (Å²) in [5.41, 5.74) is 3.73. The molecule has 1 amide bonds. The minimum Gasteiger partial charge on any atom is -0.325 e. The number of pyridine rings is 1. The van der Waals surface area contributed by atoms with Crippen LogP contribution >= 0.6 is 11.8 Å². The van der Waals surface area contributed by atoms with Crippen LogP contribution in [-0.4, -0.2) is 30.9 Å². The average Bonchev–Trinajstić information content (AvgIpc) is 3.19. The number of hydrogen-bond donors (Lipinski definition) is 1. The van der Waals surface area contributed by atoms with Gasteiger partial charge in [-0.1, -0.05) is 47.7 Å². The maximum Gasteiger partial charge on any atom is 0.237 e. The van der Waals surface area contributed by atoms with Gasteiger partial charge >= 0.3 is 0 Å². The fourth-order valence-corrected chi connectivity index (χ4v) is 3.80. The molecule has 4 aromatic rings. The number of anilines is 1. The van der Waals surface area contributed by atoms with Gasteiger partial charge in [0.25, 0.3) is 0 Å². The molecule has 1 N–H and O–H groups in total. The summed E-state index contributed by atoms with van der Waals surface area (Å²) in [4.78, 5) is 16.9. The van der Waals surface area contributed by atoms with Crippen LogP contribution in [0, 0.1) is 6.92 Å². The van der Waals surface area contributed by atoms with Gasteiger partial charge in [0.1, 0.15) is 0 Å². The van der Waals surface area contributed by atoms with E-state index >= 15 is 0 Å². The Morgan fingerprint density at radius 3 is 2.47 bits per heavy atom. The highest BCUT2D eigenvalue weighted by Gasteiger charge is 2.22. The van der Waals surface area contributed by atoms with Gasteiger partial charge in [0.15, 0.2) is 11.0 Å². The predicted molar refractivity (Wildman–Crippen MR) is 120 cm³/mol. The molecule has 0 spiro atoms. The van der Waals surface area contributed by atoms with Crippen molar-refractivity contribution >= 4 is 23.4 Å². The molecule has 2 aromatic heterocycles. The fraction of sp³-hybridized carbons (Fsp3) is 0.130. The number of aryl methyl sites for hydroxylation is 1. The Balaban J connectivity index is 1.65. The number of para-hydroxylation sites is 1. The quantitative estimate of drug-likeness (QED) is 0.460. The first-order valence-corrected chi connectivity index (χ1v) is 10.5. The summed E-state index contributed by atoms with van der Waals surface area (Å²) in [5, 5.41) is 12.0. The third-order valence-corrected chi connectivity index (χ3v) is 5.58. The maximum atomic E-state index is 12.7. The van der Waals surface area contributed by atoms with Gasteiger partial charge < -0.3 is 5.32 Å². The van der Waals surface area contributed by atoms with Crippen LogP contribution in [-0.2, 0) is 4.79 Å². The molecule has 150 valence electrons. The van der Waals surface area contributed by atoms with Gasteiger partial charge in [-0.3, -0.25) is 14.3 Å². The topological polar surface area (TPSA) is 72.7 Å². The second kappa shape index (κ2) is 8.92. The lowest BCUT2D eigenvalue weighted by Crippen LogP contribution is -2.22. The van der Waals surface area contributed by atoms with E-state index in [2.05, 4.69) is 20.5 Å². The zero-order chi connectivity index (χ0) is 20.9. The Labute approximate surface area is 179 Å². The zero-order valence-electron chi connectivity index (χ0n) is 16.7. The molecule has 1 atom stereocenters. The van der Waals surface area contributed by atoms with E-state index in [1.807, 2.05) is 85.1 Å². The molecule has 2 heterocycles. The van der Waals surface area contributed by atoms with E-state index in [1.54, 1.807) is 12.4 Å². The molecule has 0 radical (unpaired) electrons. The van der Waals surface area contributed by atoms with Gasteiger partial charge in [-0.15, -0.1) is 10.2 Å². The number of carbonyl (C=O) groups is 1. The van der Waals surface area contributed by atoms with Crippen molar-refractivity contribution in [3.63, 3.8) is 0 Å². The van der Waals surface area contributed by atoms with Gasteiger partial charge in [0.2, 0.25) is 5.91 Å². The van der Waals surface area contributed by atoms with Crippen LogP contribution in [0.4, 0.5) is 5.69 Å². The van der Waals surface area contributed by atoms with Crippen molar-refractivity contribution in [2.45, 2.75) is 24.3 Å². The Morgan fingerprint density at radius 2 is 1.77 bits per heavy atom. The van der Waals surface area contributed by atoms with Crippen molar-refractivity contribution in [1.82, 2.24) is 19.7 Å². The highest BCUT2D eigenvalue weighted by atomic mass is 32.2. The minimum atomic E-state index is -0.361. The van der Waals surface area contributed by atoms with E-state index in [9.17, 15) is 4.79 Å². The molecule has 0 aliphatic carbocycles. The van der Waals surface area contributed by atoms with Crippen LogP contribution in [0.3, 0.4) is 0 Å². The molecule has 0 unspecified atom stereocenters. The fourth-order valence-electron chi connectivity index (χ4n) is 2.93. The molecule has 0 fully saturated rings. The van der Waals surface area contributed by atoms with Crippen molar-refractivity contribution in [1.29, 1.82) is 0 Å². The first kappa shape index (κ1) is 19.8. The number of nitrogens with one attached hydrogen (secondary N) is 1. The number of thioether (sulfide) groups is 1. The lowest BCUT2D eigenvalue weighted by atomic mass is 10.2. The molecule has 0 bridgehead atoms. The summed E-state index contributed by atoms with van der Waals surface area (Å²) in [5.74, 6) is 0.595. The van der Waals surface area contributed by atoms with Crippen LogP contribution in [0.25, 0.3) is 17.1 Å². The number of aromatic nitrogens is 4. The Morgan fingerprint density at radius 1 is 1.00 bits per heavy atom. The van der Waals surface area contributed by atoms with Crippen LogP contribution in [0.2, 0.25) is 0 Å². The maximum absolute atomic E-state index is 12.7. The van der Waals surface area contributed by atoms with Crippen LogP contribution in [0.1, 0.15) is 12.5 Å². The number of benzene rings is 2. The lowest BCUT2D eigenvalue weighted by Gasteiger charge is -2.14. The number of carbonyl (C=O) groups excluding carboxylic acids is 1. The van der Waals surface area contributed by atoms with Gasteiger partial charge in [-0.2, -0.15) is 0 Å². The summed E-state index contributed by atoms with van der Waals surface area (Å²) < 4.78 is 1.97. The Bertz CT molecular complexity index is 1130. The van der Waals surface area contributed by atoms with Crippen molar-refractivity contribution < 1.29 is 4.79 Å². The molecular formula is C23H21N5OS. The monoisotopic (exact) mass is 415 g/mol. The smallest absolute Gasteiger partial charge is 0.237 e. The molecule has 6 nitrogen and oxygen atoms in total. The standard InChI is InChI=1S/C23H21N5OS/c1-16-10-12-20(13-11-16)28-21(18-7-6-14-24-15-18)26-27-23(28)30-17(2)22(29)25-19-8-4-3-5-9-19/h3-15,17H,1-2H3,(H,25,29)/t17-/m0/s1. The van der Waals surface area contributed by atoms with Crippen LogP contribution in [0.15, 0.2) is 84.3 Å². The molecule has 0 saturated heterocycles. The highest BCUT2D eigenvalue weighted by Crippen LogP contribution is 2.30. The van der Waals surface area contributed by atoms with E-state index in [0.29, 0.717) is 11.0 Å². The van der Waals surface area contributed by atoms with Gasteiger partial charge in [0.05, 0.1) is 5.25 Å². The van der Waals surface area contributed by atoms with Crippen molar-refractivity contribution in [2.75, 3.05) is 5.32 Å². The molecule has 0 aliphatic heterocycles. The molecule has 2 aromatic carbocycles. The van der Waals surface area contributed by atoms with E-state index in [1.165, 1.54) is 17.3 Å². The minimum absolute atomic E-state index is 0.0902. The predicted octanol–water partition coefficient (Wildman–Crippen LogP) is 4.76. The third kappa shape index (κ3) is 4.41. The summed E-state index contributed by atoms with van der Waals surface area (Å²) in [6.07, 6.45) is 3.48. The van der Waals surface area contributed by atoms with Crippen LogP contribution in [0.5, 0.6) is 0 Å². The van der Waals surface area contributed by atoms with Gasteiger partial charge in [-0.05, 0) is 50.2 Å². The second-order valence-electron chi connectivity index (χ2n) is 6.83. The van der Waals surface area contributed by atoms with E-state index in [-0.39, 0.29) is 11.2 Å². The number of hydrogen-bond acceptors (Lipinski definition) is 5. The van der Waals surface area contributed by atoms with Crippen molar-refractivity contribution in [2.24, 2.45) is 0 Å². The first-order chi connectivity index (χ1) is 14.6. The van der Waals surface area contributed by atoms with E-state index < -0.39 is 0 Å². The summed E-state index contributed by atoms with van der Waals surface area (Å²) >= 11 is 1.37. The summed E-state index contributed by atoms with van der Waals surface area (Å²) in [6.45, 7) is 3.91. The van der Waals surface area contributed by atoms with Gasteiger partial charge in [-0.25, -0.2) is 0 Å². The zero-order valence-corrected chi connectivity index (χ0v) is 17.5. The Hall–Kier alpha value is -3.45. The molecule has 0 aliphatic rings. The number of amides is 1. The van der Waals surface area contributed by atoms with Crippen LogP contribution < -0.4 is 5.32 Å². The molecule has 0 saturated carbocycles. The summed E-state index contributed by atoms with van der Waals surface area (Å²) in [7, 11) is 0. The molecule has 7 heteroatoms. The molecular weight excluding hydrogens is 394 g/mol. The van der Waals surface area contributed by atoms with E-state index in [0.717, 1.165) is 16.9 Å². The highest BCUT2D eigenvalue weighted by molar-refractivity contribution is 8.00. The first-order valence-electron chi connectivity index (χ1n) is 9.57. The third-order valence-electron chi connectivity index (χ3n) is 4.54. The largest absolute Gasteiger partial charge is 0.325 e. The molecule has 4 rings (SSSR count). The SMILES string of the molecule is Cc1ccc(-n2c(S[C@@H](C)C(=O)Nc3ccccc3)nnc2-c2cccnc2)cc1. The molecule has 30 heavy (non-hydrogen) atoms.